The number of halogens is 1. The molecule has 2 aromatic rings. The summed E-state index contributed by atoms with van der Waals surface area (Å²) >= 11 is 6.05. The first-order valence-corrected chi connectivity index (χ1v) is 6.00. The molecule has 19 heavy (non-hydrogen) atoms. The van der Waals surface area contributed by atoms with E-state index in [1.54, 1.807) is 24.3 Å². The Bertz CT molecular complexity index is 633. The van der Waals surface area contributed by atoms with Gasteiger partial charge in [-0.1, -0.05) is 35.9 Å². The second-order valence-corrected chi connectivity index (χ2v) is 4.39. The molecule has 0 aliphatic rings. The number of rotatable bonds is 3. The summed E-state index contributed by atoms with van der Waals surface area (Å²) in [6.07, 6.45) is 1.46. The fourth-order valence-corrected chi connectivity index (χ4v) is 1.95. The topological polar surface area (TPSA) is 55.5 Å². The molecule has 0 aromatic heterocycles. The predicted molar refractivity (Wildman–Crippen MR) is 76.5 cm³/mol. The van der Waals surface area contributed by atoms with Gasteiger partial charge in [0.2, 0.25) is 0 Å². The summed E-state index contributed by atoms with van der Waals surface area (Å²) in [6, 6.07) is 11.9. The number of aryl methyl sites for hydroxylation is 1. The average molecular weight is 275 g/mol. The summed E-state index contributed by atoms with van der Waals surface area (Å²) in [5.41, 5.74) is 2.02. The number of hydrogen-bond donors (Lipinski definition) is 0. The molecule has 0 saturated carbocycles. The molecule has 0 aliphatic heterocycles. The quantitative estimate of drug-likeness (QED) is 0.476. The van der Waals surface area contributed by atoms with Crippen LogP contribution < -0.4 is 0 Å². The number of nitro benzene ring substituents is 1. The lowest BCUT2D eigenvalue weighted by Gasteiger charge is -2.02. The third kappa shape index (κ3) is 2.98. The largest absolute Gasteiger partial charge is 0.278 e. The minimum atomic E-state index is -0.430. The number of nitro groups is 1. The molecular weight excluding hydrogens is 264 g/mol. The Kier molecular flexibility index (Phi) is 3.92. The summed E-state index contributed by atoms with van der Waals surface area (Å²) in [7, 11) is 0. The van der Waals surface area contributed by atoms with Gasteiger partial charge in [-0.05, 0) is 24.6 Å². The van der Waals surface area contributed by atoms with Crippen LogP contribution in [-0.4, -0.2) is 11.1 Å². The second kappa shape index (κ2) is 5.63. The highest BCUT2D eigenvalue weighted by Gasteiger charge is 2.10. The van der Waals surface area contributed by atoms with Gasteiger partial charge < -0.3 is 0 Å². The summed E-state index contributed by atoms with van der Waals surface area (Å²) in [5, 5.41) is 11.4. The van der Waals surface area contributed by atoms with Gasteiger partial charge in [-0.2, -0.15) is 0 Å². The van der Waals surface area contributed by atoms with Crippen LogP contribution in [0.25, 0.3) is 0 Å². The molecular formula is C14H11ClN2O2. The Morgan fingerprint density at radius 1 is 1.21 bits per heavy atom. The molecule has 0 saturated heterocycles. The van der Waals surface area contributed by atoms with Crippen LogP contribution in [0.5, 0.6) is 0 Å². The number of aliphatic imine (C=N–C) groups is 1. The van der Waals surface area contributed by atoms with Gasteiger partial charge in [0.1, 0.15) is 0 Å². The zero-order chi connectivity index (χ0) is 13.8. The highest BCUT2D eigenvalue weighted by Crippen LogP contribution is 2.28. The number of hydrogen-bond acceptors (Lipinski definition) is 3. The van der Waals surface area contributed by atoms with Gasteiger partial charge in [0, 0.05) is 12.3 Å². The van der Waals surface area contributed by atoms with E-state index < -0.39 is 4.92 Å². The maximum Gasteiger partial charge on any atom is 0.278 e. The van der Waals surface area contributed by atoms with Crippen molar-refractivity contribution in [3.05, 3.63) is 68.7 Å². The predicted octanol–water partition coefficient (Wildman–Crippen LogP) is 4.31. The van der Waals surface area contributed by atoms with Crippen molar-refractivity contribution in [3.63, 3.8) is 0 Å². The van der Waals surface area contributed by atoms with Gasteiger partial charge in [-0.3, -0.25) is 15.1 Å². The maximum absolute atomic E-state index is 10.9. The molecule has 0 N–H and O–H groups in total. The lowest BCUT2D eigenvalue weighted by Crippen LogP contribution is -1.93. The maximum atomic E-state index is 10.9. The zero-order valence-corrected chi connectivity index (χ0v) is 11.0. The normalized spacial score (nSPS) is 10.8. The van der Waals surface area contributed by atoms with Gasteiger partial charge in [0.15, 0.2) is 0 Å². The van der Waals surface area contributed by atoms with Crippen molar-refractivity contribution in [1.29, 1.82) is 0 Å². The van der Waals surface area contributed by atoms with Crippen molar-refractivity contribution in [2.45, 2.75) is 6.92 Å². The van der Waals surface area contributed by atoms with Crippen molar-refractivity contribution in [2.75, 3.05) is 0 Å². The Labute approximate surface area is 115 Å². The number of para-hydroxylation sites is 2. The average Bonchev–Trinajstić information content (AvgIpc) is 2.38. The number of benzene rings is 2. The van der Waals surface area contributed by atoms with E-state index in [1.807, 2.05) is 19.1 Å². The smallest absolute Gasteiger partial charge is 0.258 e. The first kappa shape index (κ1) is 13.2. The Morgan fingerprint density at radius 3 is 2.63 bits per heavy atom. The molecule has 0 unspecified atom stereocenters. The SMILES string of the molecule is Cc1cccc(Cl)c1N=Cc1ccccc1[N+](=O)[O-]. The van der Waals surface area contributed by atoms with E-state index in [2.05, 4.69) is 4.99 Å². The van der Waals surface area contributed by atoms with Crippen molar-refractivity contribution in [1.82, 2.24) is 0 Å². The van der Waals surface area contributed by atoms with Crippen LogP contribution in [0.4, 0.5) is 11.4 Å². The highest BCUT2D eigenvalue weighted by atomic mass is 35.5. The Hall–Kier alpha value is -2.20. The summed E-state index contributed by atoms with van der Waals surface area (Å²) in [6.45, 7) is 1.89. The molecule has 0 fully saturated rings. The molecule has 0 amide bonds. The van der Waals surface area contributed by atoms with Crippen LogP contribution in [-0.2, 0) is 0 Å². The summed E-state index contributed by atoms with van der Waals surface area (Å²) < 4.78 is 0. The van der Waals surface area contributed by atoms with E-state index >= 15 is 0 Å². The van der Waals surface area contributed by atoms with Gasteiger partial charge >= 0.3 is 0 Å². The molecule has 96 valence electrons. The van der Waals surface area contributed by atoms with Gasteiger partial charge in [-0.15, -0.1) is 0 Å². The number of nitrogens with zero attached hydrogens (tertiary/aromatic N) is 2. The molecule has 2 rings (SSSR count). The van der Waals surface area contributed by atoms with Crippen LogP contribution in [0.3, 0.4) is 0 Å². The summed E-state index contributed by atoms with van der Waals surface area (Å²) in [5.74, 6) is 0. The van der Waals surface area contributed by atoms with Crippen molar-refractivity contribution < 1.29 is 4.92 Å². The third-order valence-electron chi connectivity index (χ3n) is 2.65. The Morgan fingerprint density at radius 2 is 1.95 bits per heavy atom. The van der Waals surface area contributed by atoms with Crippen LogP contribution in [0.1, 0.15) is 11.1 Å². The first-order chi connectivity index (χ1) is 9.09. The lowest BCUT2D eigenvalue weighted by atomic mass is 10.2. The van der Waals surface area contributed by atoms with Crippen LogP contribution in [0.2, 0.25) is 5.02 Å². The first-order valence-electron chi connectivity index (χ1n) is 5.62. The Balaban J connectivity index is 2.41. The fourth-order valence-electron chi connectivity index (χ4n) is 1.68. The molecule has 5 heteroatoms. The van der Waals surface area contributed by atoms with E-state index in [9.17, 15) is 10.1 Å². The minimum absolute atomic E-state index is 0.0240. The van der Waals surface area contributed by atoms with E-state index in [0.29, 0.717) is 16.3 Å². The zero-order valence-electron chi connectivity index (χ0n) is 10.2. The van der Waals surface area contributed by atoms with Crippen molar-refractivity contribution >= 4 is 29.2 Å². The monoisotopic (exact) mass is 274 g/mol. The third-order valence-corrected chi connectivity index (χ3v) is 2.96. The highest BCUT2D eigenvalue weighted by molar-refractivity contribution is 6.33. The van der Waals surface area contributed by atoms with Crippen molar-refractivity contribution in [3.8, 4) is 0 Å². The van der Waals surface area contributed by atoms with E-state index in [-0.39, 0.29) is 5.69 Å². The van der Waals surface area contributed by atoms with Gasteiger partial charge in [0.05, 0.1) is 21.2 Å². The van der Waals surface area contributed by atoms with Crippen LogP contribution >= 0.6 is 11.6 Å². The standard InChI is InChI=1S/C14H11ClN2O2/c1-10-5-4-7-12(15)14(10)16-9-11-6-2-3-8-13(11)17(18)19/h2-9H,1H3. The molecule has 0 bridgehead atoms. The fraction of sp³-hybridized carbons (Fsp3) is 0.0714. The van der Waals surface area contributed by atoms with E-state index in [4.69, 9.17) is 11.6 Å². The van der Waals surface area contributed by atoms with E-state index in [1.165, 1.54) is 12.3 Å². The molecule has 0 radical (unpaired) electrons. The van der Waals surface area contributed by atoms with Crippen LogP contribution in [0.15, 0.2) is 47.5 Å². The molecule has 0 atom stereocenters. The molecule has 0 heterocycles. The van der Waals surface area contributed by atoms with E-state index in [0.717, 1.165) is 5.56 Å². The van der Waals surface area contributed by atoms with Crippen LogP contribution in [0, 0.1) is 17.0 Å². The molecule has 4 nitrogen and oxygen atoms in total. The molecule has 0 spiro atoms. The van der Waals surface area contributed by atoms with Crippen molar-refractivity contribution in [2.24, 2.45) is 4.99 Å². The second-order valence-electron chi connectivity index (χ2n) is 3.98. The molecule has 0 aliphatic carbocycles. The molecule has 2 aromatic carbocycles. The summed E-state index contributed by atoms with van der Waals surface area (Å²) in [4.78, 5) is 14.7. The van der Waals surface area contributed by atoms with Gasteiger partial charge in [-0.25, -0.2) is 0 Å². The lowest BCUT2D eigenvalue weighted by molar-refractivity contribution is -0.385. The minimum Gasteiger partial charge on any atom is -0.258 e. The van der Waals surface area contributed by atoms with Gasteiger partial charge in [0.25, 0.3) is 5.69 Å².